The van der Waals surface area contributed by atoms with E-state index < -0.39 is 31.0 Å². The Hall–Kier alpha value is -0.460. The number of hydrogen-bond donors (Lipinski definition) is 3. The van der Waals surface area contributed by atoms with Gasteiger partial charge in [-0.25, -0.2) is 0 Å². The lowest BCUT2D eigenvalue weighted by atomic mass is 10.1. The normalized spacial score (nSPS) is 24.1. The van der Waals surface area contributed by atoms with Gasteiger partial charge in [0.05, 0.1) is 19.8 Å². The molecule has 0 aromatic rings. The first-order valence-corrected chi connectivity index (χ1v) is 11.1. The first-order valence-electron chi connectivity index (χ1n) is 11.1. The molecule has 1 aliphatic rings. The van der Waals surface area contributed by atoms with E-state index in [2.05, 4.69) is 13.0 Å². The van der Waals surface area contributed by atoms with Crippen molar-refractivity contribution in [3.63, 3.8) is 0 Å². The van der Waals surface area contributed by atoms with Crippen molar-refractivity contribution >= 4 is 0 Å². The van der Waals surface area contributed by atoms with Gasteiger partial charge in [-0.05, 0) is 12.8 Å². The molecule has 1 aliphatic heterocycles. The maximum atomic E-state index is 10.0. The highest BCUT2D eigenvalue weighted by atomic mass is 16.6. The van der Waals surface area contributed by atoms with Crippen molar-refractivity contribution in [3.8, 4) is 0 Å². The van der Waals surface area contributed by atoms with Crippen molar-refractivity contribution < 1.29 is 24.8 Å². The lowest BCUT2D eigenvalue weighted by Crippen LogP contribution is -2.41. The maximum Gasteiger partial charge on any atom is 0.114 e. The van der Waals surface area contributed by atoms with Crippen molar-refractivity contribution in [2.75, 3.05) is 19.8 Å². The van der Waals surface area contributed by atoms with E-state index in [9.17, 15) is 10.2 Å². The lowest BCUT2D eigenvalue weighted by molar-refractivity contribution is -0.0716. The highest BCUT2D eigenvalue weighted by Crippen LogP contribution is 2.20. The van der Waals surface area contributed by atoms with E-state index in [-0.39, 0.29) is 6.61 Å². The van der Waals surface area contributed by atoms with Gasteiger partial charge in [0.25, 0.3) is 0 Å². The quantitative estimate of drug-likeness (QED) is 0.262. The van der Waals surface area contributed by atoms with Crippen LogP contribution >= 0.6 is 0 Å². The van der Waals surface area contributed by atoms with Crippen LogP contribution < -0.4 is 0 Å². The second kappa shape index (κ2) is 16.5. The monoisotopic (exact) mass is 386 g/mol. The first-order chi connectivity index (χ1) is 13.2. The Balaban J connectivity index is 1.89. The molecule has 3 N–H and O–H groups in total. The molecular weight excluding hydrogens is 344 g/mol. The molecule has 0 unspecified atom stereocenters. The minimum Gasteiger partial charge on any atom is -0.394 e. The second-order valence-corrected chi connectivity index (χ2v) is 7.71. The van der Waals surface area contributed by atoms with E-state index in [0.717, 1.165) is 6.42 Å². The largest absolute Gasteiger partial charge is 0.394 e. The van der Waals surface area contributed by atoms with E-state index in [1.165, 1.54) is 70.6 Å². The number of allylic oxidation sites excluding steroid dienone is 1. The van der Waals surface area contributed by atoms with Crippen LogP contribution in [-0.4, -0.2) is 59.6 Å². The summed E-state index contributed by atoms with van der Waals surface area (Å²) in [6.45, 7) is 2.52. The number of aliphatic hydroxyl groups is 3. The molecule has 4 atom stereocenters. The minimum absolute atomic E-state index is 0.245. The van der Waals surface area contributed by atoms with Crippen LogP contribution in [0.4, 0.5) is 0 Å². The average Bonchev–Trinajstić information content (AvgIpc) is 3.04. The Morgan fingerprint density at radius 2 is 1.56 bits per heavy atom. The molecule has 160 valence electrons. The van der Waals surface area contributed by atoms with Gasteiger partial charge in [-0.15, -0.1) is 0 Å². The van der Waals surface area contributed by atoms with Crippen molar-refractivity contribution in [3.05, 3.63) is 12.2 Å². The van der Waals surface area contributed by atoms with E-state index in [0.29, 0.717) is 6.61 Å². The maximum absolute atomic E-state index is 10.0. The molecule has 0 spiro atoms. The van der Waals surface area contributed by atoms with E-state index >= 15 is 0 Å². The van der Waals surface area contributed by atoms with Gasteiger partial charge < -0.3 is 24.8 Å². The third-order valence-corrected chi connectivity index (χ3v) is 5.28. The Morgan fingerprint density at radius 3 is 2.15 bits per heavy atom. The molecule has 1 saturated heterocycles. The molecule has 0 aliphatic carbocycles. The molecule has 0 amide bonds. The smallest absolute Gasteiger partial charge is 0.114 e. The fraction of sp³-hybridized carbons (Fsp3) is 0.909. The summed E-state index contributed by atoms with van der Waals surface area (Å²) in [5.41, 5.74) is 0. The van der Waals surface area contributed by atoms with Gasteiger partial charge >= 0.3 is 0 Å². The third kappa shape index (κ3) is 11.2. The average molecular weight is 387 g/mol. The number of hydrogen-bond acceptors (Lipinski definition) is 5. The summed E-state index contributed by atoms with van der Waals surface area (Å²) in [6, 6.07) is 0. The second-order valence-electron chi connectivity index (χ2n) is 7.71. The van der Waals surface area contributed by atoms with Crippen LogP contribution in [0.3, 0.4) is 0 Å². The molecule has 27 heavy (non-hydrogen) atoms. The molecule has 0 bridgehead atoms. The highest BCUT2D eigenvalue weighted by molar-refractivity contribution is 4.90. The summed E-state index contributed by atoms with van der Waals surface area (Å²) in [5.74, 6) is 0. The molecule has 5 nitrogen and oxygen atoms in total. The van der Waals surface area contributed by atoms with Crippen molar-refractivity contribution in [2.24, 2.45) is 0 Å². The standard InChI is InChI=1S/C22H42O5/c1-2-3-4-5-6-7-8-9-10-11-12-13-14-15-16-26-20-18-27-22(21(20)25)19(24)17-23/h14-15,19-25H,2-13,16-18H2,1H3/b15-14+/t19-,20+,21-,22-/m0/s1. The molecule has 0 radical (unpaired) electrons. The van der Waals surface area contributed by atoms with E-state index in [1.54, 1.807) is 0 Å². The van der Waals surface area contributed by atoms with E-state index in [4.69, 9.17) is 14.6 Å². The first kappa shape index (κ1) is 24.6. The summed E-state index contributed by atoms with van der Waals surface area (Å²) < 4.78 is 10.9. The summed E-state index contributed by atoms with van der Waals surface area (Å²) in [4.78, 5) is 0. The predicted octanol–water partition coefficient (Wildman–Crippen LogP) is 3.74. The summed E-state index contributed by atoms with van der Waals surface area (Å²) in [6.07, 6.45) is 16.9. The van der Waals surface area contributed by atoms with Crippen LogP contribution in [0.1, 0.15) is 84.0 Å². The summed E-state index contributed by atoms with van der Waals surface area (Å²) in [7, 11) is 0. The Labute approximate surface area is 165 Å². The van der Waals surface area contributed by atoms with Crippen LogP contribution in [0.2, 0.25) is 0 Å². The van der Waals surface area contributed by atoms with Gasteiger partial charge in [0, 0.05) is 0 Å². The minimum atomic E-state index is -1.06. The molecule has 1 heterocycles. The molecule has 1 fully saturated rings. The molecular formula is C22H42O5. The highest BCUT2D eigenvalue weighted by Gasteiger charge is 2.40. The fourth-order valence-corrected chi connectivity index (χ4v) is 3.50. The Bertz CT molecular complexity index is 361. The molecule has 5 heteroatoms. The molecule has 0 aromatic heterocycles. The number of ether oxygens (including phenoxy) is 2. The summed E-state index contributed by atoms with van der Waals surface area (Å²) in [5, 5.41) is 28.5. The van der Waals surface area contributed by atoms with Crippen LogP contribution in [0, 0.1) is 0 Å². The van der Waals surface area contributed by atoms with Crippen molar-refractivity contribution in [1.82, 2.24) is 0 Å². The number of aliphatic hydroxyl groups excluding tert-OH is 3. The molecule has 0 saturated carbocycles. The third-order valence-electron chi connectivity index (χ3n) is 5.28. The lowest BCUT2D eigenvalue weighted by Gasteiger charge is -2.20. The number of unbranched alkanes of at least 4 members (excludes halogenated alkanes) is 11. The Morgan fingerprint density at radius 1 is 0.963 bits per heavy atom. The molecule has 0 aromatic carbocycles. The Kier molecular flexibility index (Phi) is 15.0. The van der Waals surface area contributed by atoms with Gasteiger partial charge in [0.1, 0.15) is 24.4 Å². The zero-order valence-corrected chi connectivity index (χ0v) is 17.2. The number of rotatable bonds is 17. The van der Waals surface area contributed by atoms with Crippen LogP contribution in [0.25, 0.3) is 0 Å². The van der Waals surface area contributed by atoms with Gasteiger partial charge in [0.2, 0.25) is 0 Å². The van der Waals surface area contributed by atoms with Gasteiger partial charge in [-0.2, -0.15) is 0 Å². The zero-order chi connectivity index (χ0) is 19.7. The van der Waals surface area contributed by atoms with Gasteiger partial charge in [0.15, 0.2) is 0 Å². The van der Waals surface area contributed by atoms with Crippen LogP contribution in [0.15, 0.2) is 12.2 Å². The van der Waals surface area contributed by atoms with Gasteiger partial charge in [-0.3, -0.25) is 0 Å². The van der Waals surface area contributed by atoms with Crippen molar-refractivity contribution in [1.29, 1.82) is 0 Å². The zero-order valence-electron chi connectivity index (χ0n) is 17.2. The summed E-state index contributed by atoms with van der Waals surface area (Å²) >= 11 is 0. The SMILES string of the molecule is CCCCCCCCCCCCC/C=C/CO[C@@H]1CO[C@@H]([C@@H](O)CO)[C@H]1O. The predicted molar refractivity (Wildman–Crippen MR) is 109 cm³/mol. The van der Waals surface area contributed by atoms with Crippen LogP contribution in [0.5, 0.6) is 0 Å². The van der Waals surface area contributed by atoms with Crippen molar-refractivity contribution in [2.45, 2.75) is 108 Å². The fourth-order valence-electron chi connectivity index (χ4n) is 3.50. The van der Waals surface area contributed by atoms with Gasteiger partial charge in [-0.1, -0.05) is 83.3 Å². The van der Waals surface area contributed by atoms with E-state index in [1.807, 2.05) is 6.08 Å². The topological polar surface area (TPSA) is 79.2 Å². The van der Waals surface area contributed by atoms with Crippen LogP contribution in [-0.2, 0) is 9.47 Å². The molecule has 1 rings (SSSR count).